The highest BCUT2D eigenvalue weighted by molar-refractivity contribution is 7.16. The minimum absolute atomic E-state index is 0.950. The molecule has 0 saturated heterocycles. The SMILES string of the molecule is CCCC=CCCCCOCCCCCCP. The molecule has 0 heterocycles. The van der Waals surface area contributed by atoms with Crippen molar-refractivity contribution in [2.75, 3.05) is 19.4 Å². The zero-order chi connectivity index (χ0) is 12.6. The van der Waals surface area contributed by atoms with Gasteiger partial charge in [0.25, 0.3) is 0 Å². The Morgan fingerprint density at radius 1 is 0.824 bits per heavy atom. The van der Waals surface area contributed by atoms with Crippen molar-refractivity contribution in [3.8, 4) is 0 Å². The van der Waals surface area contributed by atoms with E-state index in [-0.39, 0.29) is 0 Å². The average Bonchev–Trinajstić information content (AvgIpc) is 2.35. The molecule has 0 N–H and O–H groups in total. The molecule has 102 valence electrons. The van der Waals surface area contributed by atoms with Crippen LogP contribution in [0.25, 0.3) is 0 Å². The van der Waals surface area contributed by atoms with Gasteiger partial charge in [0.15, 0.2) is 0 Å². The Bertz CT molecular complexity index is 157. The molecule has 0 aliphatic heterocycles. The molecule has 0 saturated carbocycles. The van der Waals surface area contributed by atoms with E-state index in [9.17, 15) is 0 Å². The summed E-state index contributed by atoms with van der Waals surface area (Å²) in [4.78, 5) is 0. The molecule has 0 bridgehead atoms. The second kappa shape index (κ2) is 16.1. The minimum atomic E-state index is 0.950. The Morgan fingerprint density at radius 2 is 1.47 bits per heavy atom. The molecule has 0 aromatic rings. The Balaban J connectivity index is 2.94. The van der Waals surface area contributed by atoms with E-state index in [0.717, 1.165) is 13.2 Å². The fraction of sp³-hybridized carbons (Fsp3) is 0.867. The molecule has 0 aliphatic rings. The first-order valence-corrected chi connectivity index (χ1v) is 8.16. The third-order valence-electron chi connectivity index (χ3n) is 2.77. The molecule has 17 heavy (non-hydrogen) atoms. The fourth-order valence-corrected chi connectivity index (χ4v) is 1.96. The highest BCUT2D eigenvalue weighted by Gasteiger charge is 1.91. The molecule has 2 heteroatoms. The molecule has 0 fully saturated rings. The van der Waals surface area contributed by atoms with Crippen LogP contribution in [-0.4, -0.2) is 19.4 Å². The van der Waals surface area contributed by atoms with E-state index < -0.39 is 0 Å². The zero-order valence-corrected chi connectivity index (χ0v) is 12.8. The van der Waals surface area contributed by atoms with Crippen LogP contribution in [0, 0.1) is 0 Å². The summed E-state index contributed by atoms with van der Waals surface area (Å²) < 4.78 is 5.61. The van der Waals surface area contributed by atoms with Crippen LogP contribution < -0.4 is 0 Å². The monoisotopic (exact) mass is 258 g/mol. The van der Waals surface area contributed by atoms with E-state index in [0.29, 0.717) is 0 Å². The number of hydrogen-bond donors (Lipinski definition) is 0. The van der Waals surface area contributed by atoms with Crippen molar-refractivity contribution in [1.29, 1.82) is 0 Å². The van der Waals surface area contributed by atoms with E-state index >= 15 is 0 Å². The van der Waals surface area contributed by atoms with Gasteiger partial charge in [0.1, 0.15) is 0 Å². The standard InChI is InChI=1S/C15H31OP/c1-2-3-4-5-6-7-10-13-16-14-11-8-9-12-15-17/h4-5H,2-3,6-15,17H2,1H3. The number of hydrogen-bond acceptors (Lipinski definition) is 1. The van der Waals surface area contributed by atoms with Gasteiger partial charge in [-0.2, -0.15) is 0 Å². The number of rotatable bonds is 13. The fourth-order valence-electron chi connectivity index (χ4n) is 1.67. The van der Waals surface area contributed by atoms with Gasteiger partial charge in [0.2, 0.25) is 0 Å². The lowest BCUT2D eigenvalue weighted by atomic mass is 10.2. The van der Waals surface area contributed by atoms with Crippen molar-refractivity contribution in [3.05, 3.63) is 12.2 Å². The molecule has 0 rings (SSSR count). The first kappa shape index (κ1) is 17.1. The quantitative estimate of drug-likeness (QED) is 0.257. The Morgan fingerprint density at radius 3 is 2.18 bits per heavy atom. The van der Waals surface area contributed by atoms with Crippen LogP contribution in [0.5, 0.6) is 0 Å². The van der Waals surface area contributed by atoms with E-state index in [1.54, 1.807) is 0 Å². The molecule has 0 aliphatic carbocycles. The second-order valence-corrected chi connectivity index (χ2v) is 5.15. The largest absolute Gasteiger partial charge is 0.381 e. The maximum Gasteiger partial charge on any atom is 0.0466 e. The molecule has 1 atom stereocenters. The Kier molecular flexibility index (Phi) is 16.3. The van der Waals surface area contributed by atoms with Crippen molar-refractivity contribution in [1.82, 2.24) is 0 Å². The summed E-state index contributed by atoms with van der Waals surface area (Å²) in [5.41, 5.74) is 0. The molecule has 0 aromatic heterocycles. The Hall–Kier alpha value is 0.130. The molecule has 1 unspecified atom stereocenters. The van der Waals surface area contributed by atoms with Crippen LogP contribution in [0.1, 0.15) is 64.7 Å². The van der Waals surface area contributed by atoms with Crippen LogP contribution in [0.3, 0.4) is 0 Å². The second-order valence-electron chi connectivity index (χ2n) is 4.57. The van der Waals surface area contributed by atoms with Gasteiger partial charge in [-0.05, 0) is 44.7 Å². The molecular weight excluding hydrogens is 227 g/mol. The van der Waals surface area contributed by atoms with Gasteiger partial charge < -0.3 is 4.74 Å². The highest BCUT2D eigenvalue weighted by atomic mass is 31.0. The van der Waals surface area contributed by atoms with Crippen LogP contribution in [0.2, 0.25) is 0 Å². The van der Waals surface area contributed by atoms with Crippen LogP contribution >= 0.6 is 9.24 Å². The number of unbranched alkanes of at least 4 members (excludes halogenated alkanes) is 6. The van der Waals surface area contributed by atoms with E-state index in [1.165, 1.54) is 63.9 Å². The summed E-state index contributed by atoms with van der Waals surface area (Å²) in [6, 6.07) is 0. The summed E-state index contributed by atoms with van der Waals surface area (Å²) in [5.74, 6) is 0. The Labute approximate surface area is 111 Å². The lowest BCUT2D eigenvalue weighted by molar-refractivity contribution is 0.126. The summed E-state index contributed by atoms with van der Waals surface area (Å²) in [7, 11) is 2.78. The number of allylic oxidation sites excluding steroid dienone is 2. The summed E-state index contributed by atoms with van der Waals surface area (Å²) in [6.45, 7) is 4.13. The van der Waals surface area contributed by atoms with Crippen molar-refractivity contribution in [2.24, 2.45) is 0 Å². The molecule has 0 spiro atoms. The van der Waals surface area contributed by atoms with Gasteiger partial charge in [0.05, 0.1) is 0 Å². The summed E-state index contributed by atoms with van der Waals surface area (Å²) in [5, 5.41) is 0. The molecule has 0 amide bonds. The maximum atomic E-state index is 5.61. The van der Waals surface area contributed by atoms with Crippen molar-refractivity contribution in [3.63, 3.8) is 0 Å². The molecule has 0 radical (unpaired) electrons. The van der Waals surface area contributed by atoms with Crippen LogP contribution in [0.4, 0.5) is 0 Å². The third kappa shape index (κ3) is 16.1. The minimum Gasteiger partial charge on any atom is -0.381 e. The third-order valence-corrected chi connectivity index (χ3v) is 3.18. The molecule has 1 nitrogen and oxygen atoms in total. The van der Waals surface area contributed by atoms with Gasteiger partial charge in [-0.15, -0.1) is 9.24 Å². The zero-order valence-electron chi connectivity index (χ0n) is 11.6. The van der Waals surface area contributed by atoms with Gasteiger partial charge in [-0.3, -0.25) is 0 Å². The van der Waals surface area contributed by atoms with Crippen molar-refractivity contribution >= 4 is 9.24 Å². The lowest BCUT2D eigenvalue weighted by Crippen LogP contribution is -1.97. The highest BCUT2D eigenvalue weighted by Crippen LogP contribution is 2.03. The van der Waals surface area contributed by atoms with Crippen molar-refractivity contribution in [2.45, 2.75) is 64.7 Å². The van der Waals surface area contributed by atoms with E-state index in [1.807, 2.05) is 0 Å². The maximum absolute atomic E-state index is 5.61. The predicted octanol–water partition coefficient (Wildman–Crippen LogP) is 4.97. The van der Waals surface area contributed by atoms with Gasteiger partial charge in [0, 0.05) is 13.2 Å². The van der Waals surface area contributed by atoms with Crippen LogP contribution in [-0.2, 0) is 4.74 Å². The molecule has 0 aromatic carbocycles. The van der Waals surface area contributed by atoms with Gasteiger partial charge >= 0.3 is 0 Å². The lowest BCUT2D eigenvalue weighted by Gasteiger charge is -2.03. The number of ether oxygens (including phenoxy) is 1. The van der Waals surface area contributed by atoms with E-state index in [4.69, 9.17) is 4.74 Å². The topological polar surface area (TPSA) is 9.23 Å². The van der Waals surface area contributed by atoms with Gasteiger partial charge in [-0.1, -0.05) is 38.3 Å². The van der Waals surface area contributed by atoms with Crippen molar-refractivity contribution < 1.29 is 4.74 Å². The normalized spacial score (nSPS) is 11.4. The first-order valence-electron chi connectivity index (χ1n) is 7.34. The smallest absolute Gasteiger partial charge is 0.0466 e. The van der Waals surface area contributed by atoms with Crippen LogP contribution in [0.15, 0.2) is 12.2 Å². The summed E-state index contributed by atoms with van der Waals surface area (Å²) >= 11 is 0. The molecular formula is C15H31OP. The average molecular weight is 258 g/mol. The van der Waals surface area contributed by atoms with E-state index in [2.05, 4.69) is 28.3 Å². The predicted molar refractivity (Wildman–Crippen MR) is 81.8 cm³/mol. The first-order chi connectivity index (χ1) is 8.41. The van der Waals surface area contributed by atoms with Gasteiger partial charge in [-0.25, -0.2) is 0 Å². The summed E-state index contributed by atoms with van der Waals surface area (Å²) in [6.07, 6.45) is 17.3.